The van der Waals surface area contributed by atoms with Crippen molar-refractivity contribution in [3.05, 3.63) is 64.7 Å². The number of amides is 1. The smallest absolute Gasteiger partial charge is 0.252 e. The number of aryl methyl sites for hydroxylation is 1. The topological polar surface area (TPSA) is 42.0 Å². The Hall–Kier alpha value is -2.39. The second kappa shape index (κ2) is 6.62. The van der Waals surface area contributed by atoms with Crippen molar-refractivity contribution in [2.75, 3.05) is 0 Å². The van der Waals surface area contributed by atoms with E-state index in [4.69, 9.17) is 16.6 Å². The van der Waals surface area contributed by atoms with Gasteiger partial charge in [-0.1, -0.05) is 41.4 Å². The van der Waals surface area contributed by atoms with Crippen molar-refractivity contribution in [2.24, 2.45) is 0 Å². The van der Waals surface area contributed by atoms with Gasteiger partial charge in [-0.2, -0.15) is 0 Å². The predicted molar refractivity (Wildman–Crippen MR) is 99.5 cm³/mol. The van der Waals surface area contributed by atoms with Gasteiger partial charge in [0.15, 0.2) is 0 Å². The first kappa shape index (κ1) is 16.5. The average Bonchev–Trinajstić information content (AvgIpc) is 2.53. The summed E-state index contributed by atoms with van der Waals surface area (Å²) in [6.07, 6.45) is 0. The first-order valence-corrected chi connectivity index (χ1v) is 8.30. The van der Waals surface area contributed by atoms with Gasteiger partial charge in [0.25, 0.3) is 5.91 Å². The van der Waals surface area contributed by atoms with Crippen LogP contribution in [-0.4, -0.2) is 16.9 Å². The number of benzene rings is 2. The number of carbonyl (C=O) groups excluding carboxylic acids is 1. The molecule has 1 heterocycles. The molecule has 122 valence electrons. The van der Waals surface area contributed by atoms with Crippen molar-refractivity contribution in [2.45, 2.75) is 26.8 Å². The van der Waals surface area contributed by atoms with Gasteiger partial charge in [0.2, 0.25) is 0 Å². The molecule has 1 amide bonds. The third kappa shape index (κ3) is 3.26. The molecule has 24 heavy (non-hydrogen) atoms. The zero-order valence-corrected chi connectivity index (χ0v) is 14.7. The maximum absolute atomic E-state index is 12.7. The highest BCUT2D eigenvalue weighted by Crippen LogP contribution is 2.30. The van der Waals surface area contributed by atoms with E-state index < -0.39 is 0 Å². The highest BCUT2D eigenvalue weighted by molar-refractivity contribution is 6.33. The Bertz CT molecular complexity index is 919. The van der Waals surface area contributed by atoms with Crippen LogP contribution >= 0.6 is 11.6 Å². The van der Waals surface area contributed by atoms with Crippen LogP contribution in [-0.2, 0) is 0 Å². The molecule has 0 unspecified atom stereocenters. The minimum Gasteiger partial charge on any atom is -0.350 e. The Labute approximate surface area is 146 Å². The van der Waals surface area contributed by atoms with Crippen LogP contribution in [0.15, 0.2) is 48.5 Å². The van der Waals surface area contributed by atoms with Gasteiger partial charge in [0.05, 0.1) is 16.8 Å². The first-order chi connectivity index (χ1) is 11.5. The number of fused-ring (bicyclic) bond motifs is 1. The van der Waals surface area contributed by atoms with E-state index in [9.17, 15) is 4.79 Å². The quantitative estimate of drug-likeness (QED) is 0.730. The fourth-order valence-corrected chi connectivity index (χ4v) is 2.91. The molecule has 0 aliphatic rings. The minimum absolute atomic E-state index is 0.0642. The lowest BCUT2D eigenvalue weighted by Gasteiger charge is -2.13. The average molecular weight is 339 g/mol. The molecule has 0 atom stereocenters. The molecule has 3 nitrogen and oxygen atoms in total. The molecule has 2 aromatic carbocycles. The van der Waals surface area contributed by atoms with E-state index in [1.165, 1.54) is 0 Å². The number of hydrogen-bond acceptors (Lipinski definition) is 2. The molecule has 0 fully saturated rings. The number of rotatable bonds is 3. The van der Waals surface area contributed by atoms with Crippen molar-refractivity contribution >= 4 is 28.4 Å². The van der Waals surface area contributed by atoms with E-state index in [2.05, 4.69) is 5.32 Å². The highest BCUT2D eigenvalue weighted by Gasteiger charge is 2.16. The van der Waals surface area contributed by atoms with Crippen LogP contribution < -0.4 is 5.32 Å². The molecular formula is C20H19ClN2O. The molecule has 0 bridgehead atoms. The summed E-state index contributed by atoms with van der Waals surface area (Å²) in [4.78, 5) is 17.4. The third-order valence-electron chi connectivity index (χ3n) is 3.78. The molecular weight excluding hydrogens is 320 g/mol. The van der Waals surface area contributed by atoms with Gasteiger partial charge < -0.3 is 5.32 Å². The summed E-state index contributed by atoms with van der Waals surface area (Å²) in [5.41, 5.74) is 4.01. The van der Waals surface area contributed by atoms with Crippen molar-refractivity contribution in [1.82, 2.24) is 10.3 Å². The van der Waals surface area contributed by atoms with Crippen molar-refractivity contribution in [3.8, 4) is 11.3 Å². The van der Waals surface area contributed by atoms with Crippen molar-refractivity contribution in [3.63, 3.8) is 0 Å². The molecule has 0 saturated carbocycles. The summed E-state index contributed by atoms with van der Waals surface area (Å²) in [6.45, 7) is 5.90. The van der Waals surface area contributed by atoms with Crippen LogP contribution in [0.4, 0.5) is 0 Å². The van der Waals surface area contributed by atoms with Gasteiger partial charge in [-0.05, 0) is 45.0 Å². The van der Waals surface area contributed by atoms with E-state index in [0.717, 1.165) is 22.0 Å². The highest BCUT2D eigenvalue weighted by atomic mass is 35.5. The lowest BCUT2D eigenvalue weighted by molar-refractivity contribution is 0.0945. The molecule has 0 saturated heterocycles. The molecule has 0 spiro atoms. The van der Waals surface area contributed by atoms with Crippen molar-refractivity contribution < 1.29 is 4.79 Å². The lowest BCUT2D eigenvalue weighted by Crippen LogP contribution is -2.30. The zero-order chi connectivity index (χ0) is 17.3. The molecule has 0 aliphatic heterocycles. The Morgan fingerprint density at radius 1 is 1.12 bits per heavy atom. The van der Waals surface area contributed by atoms with E-state index in [0.29, 0.717) is 16.3 Å². The standard InChI is InChI=1S/C20H19ClN2O/c1-12(2)22-20(24)16-11-19(14-6-4-5-7-17(14)21)23-18-9-8-13(3)10-15(16)18/h4-12H,1-3H3,(H,22,24). The largest absolute Gasteiger partial charge is 0.350 e. The maximum Gasteiger partial charge on any atom is 0.252 e. The van der Waals surface area contributed by atoms with E-state index >= 15 is 0 Å². The van der Waals surface area contributed by atoms with Gasteiger partial charge in [0.1, 0.15) is 0 Å². The Balaban J connectivity index is 2.25. The number of pyridine rings is 1. The summed E-state index contributed by atoms with van der Waals surface area (Å²) in [5, 5.41) is 4.43. The van der Waals surface area contributed by atoms with Crippen LogP contribution in [0.2, 0.25) is 5.02 Å². The number of hydrogen-bond donors (Lipinski definition) is 1. The number of nitrogens with zero attached hydrogens (tertiary/aromatic N) is 1. The predicted octanol–water partition coefficient (Wildman–Crippen LogP) is 5.00. The molecule has 4 heteroatoms. The zero-order valence-electron chi connectivity index (χ0n) is 13.9. The monoisotopic (exact) mass is 338 g/mol. The Morgan fingerprint density at radius 3 is 2.58 bits per heavy atom. The van der Waals surface area contributed by atoms with Gasteiger partial charge in [-0.25, -0.2) is 4.98 Å². The summed E-state index contributed by atoms with van der Waals surface area (Å²) in [5.74, 6) is -0.101. The summed E-state index contributed by atoms with van der Waals surface area (Å²) in [6, 6.07) is 15.3. The molecule has 0 aliphatic carbocycles. The van der Waals surface area contributed by atoms with Crippen LogP contribution in [0.3, 0.4) is 0 Å². The van der Waals surface area contributed by atoms with Crippen LogP contribution in [0, 0.1) is 6.92 Å². The van der Waals surface area contributed by atoms with Crippen LogP contribution in [0.25, 0.3) is 22.2 Å². The number of aromatic nitrogens is 1. The molecule has 0 radical (unpaired) electrons. The van der Waals surface area contributed by atoms with Gasteiger partial charge in [0, 0.05) is 22.0 Å². The Morgan fingerprint density at radius 2 is 1.88 bits per heavy atom. The molecule has 1 N–H and O–H groups in total. The van der Waals surface area contributed by atoms with E-state index in [-0.39, 0.29) is 11.9 Å². The number of nitrogens with one attached hydrogen (secondary N) is 1. The Kier molecular flexibility index (Phi) is 4.54. The SMILES string of the molecule is Cc1ccc2nc(-c3ccccc3Cl)cc(C(=O)NC(C)C)c2c1. The molecule has 1 aromatic heterocycles. The maximum atomic E-state index is 12.7. The fourth-order valence-electron chi connectivity index (χ4n) is 2.67. The van der Waals surface area contributed by atoms with Crippen LogP contribution in [0.1, 0.15) is 29.8 Å². The van der Waals surface area contributed by atoms with Gasteiger partial charge in [-0.3, -0.25) is 4.79 Å². The third-order valence-corrected chi connectivity index (χ3v) is 4.11. The molecule has 3 aromatic rings. The van der Waals surface area contributed by atoms with E-state index in [1.54, 1.807) is 0 Å². The normalized spacial score (nSPS) is 11.0. The van der Waals surface area contributed by atoms with Gasteiger partial charge >= 0.3 is 0 Å². The van der Waals surface area contributed by atoms with Crippen molar-refractivity contribution in [1.29, 1.82) is 0 Å². The molecule has 3 rings (SSSR count). The summed E-state index contributed by atoms with van der Waals surface area (Å²) in [7, 11) is 0. The fraction of sp³-hybridized carbons (Fsp3) is 0.200. The minimum atomic E-state index is -0.101. The summed E-state index contributed by atoms with van der Waals surface area (Å²) >= 11 is 6.31. The first-order valence-electron chi connectivity index (χ1n) is 7.93. The van der Waals surface area contributed by atoms with E-state index in [1.807, 2.05) is 69.3 Å². The second-order valence-electron chi connectivity index (χ2n) is 6.18. The number of carbonyl (C=O) groups is 1. The number of halogens is 1. The summed E-state index contributed by atoms with van der Waals surface area (Å²) < 4.78 is 0. The second-order valence-corrected chi connectivity index (χ2v) is 6.59. The lowest BCUT2D eigenvalue weighted by atomic mass is 10.0. The van der Waals surface area contributed by atoms with Gasteiger partial charge in [-0.15, -0.1) is 0 Å². The van der Waals surface area contributed by atoms with Crippen LogP contribution in [0.5, 0.6) is 0 Å².